The Hall–Kier alpha value is 0.230. The summed E-state index contributed by atoms with van der Waals surface area (Å²) in [5.41, 5.74) is 0.577. The van der Waals surface area contributed by atoms with Gasteiger partial charge in [0.2, 0.25) is 0 Å². The van der Waals surface area contributed by atoms with Crippen LogP contribution in [-0.2, 0) is 9.47 Å². The van der Waals surface area contributed by atoms with Gasteiger partial charge in [0.1, 0.15) is 0 Å². The summed E-state index contributed by atoms with van der Waals surface area (Å²) >= 11 is 2.09. The number of hydrogen-bond acceptors (Lipinski definition) is 5. The van der Waals surface area contributed by atoms with Crippen LogP contribution in [0.2, 0.25) is 0 Å². The van der Waals surface area contributed by atoms with Crippen molar-refractivity contribution in [2.45, 2.75) is 57.9 Å². The van der Waals surface area contributed by atoms with Crippen molar-refractivity contribution in [3.05, 3.63) is 0 Å². The third kappa shape index (κ3) is 7.39. The Morgan fingerprint density at radius 2 is 1.90 bits per heavy atom. The molecule has 0 aromatic carbocycles. The van der Waals surface area contributed by atoms with Crippen LogP contribution in [0.4, 0.5) is 0 Å². The summed E-state index contributed by atoms with van der Waals surface area (Å²) in [5.74, 6) is 3.45. The molecule has 3 rings (SSSR count). The molecule has 3 fully saturated rings. The molecule has 8 heteroatoms. The third-order valence-corrected chi connectivity index (χ3v) is 8.15. The minimum Gasteiger partial charge on any atom is -0.382 e. The Kier molecular flexibility index (Phi) is 12.1. The minimum atomic E-state index is 0. The highest BCUT2D eigenvalue weighted by Crippen LogP contribution is 2.41. The molecule has 0 aromatic heterocycles. The molecule has 0 radical (unpaired) electrons. The zero-order valence-electron chi connectivity index (χ0n) is 19.0. The number of rotatable bonds is 10. The van der Waals surface area contributed by atoms with Crippen molar-refractivity contribution in [3.8, 4) is 0 Å². The number of halogens is 1. The molecule has 1 unspecified atom stereocenters. The van der Waals surface area contributed by atoms with Crippen molar-refractivity contribution < 1.29 is 9.47 Å². The van der Waals surface area contributed by atoms with Gasteiger partial charge in [-0.2, -0.15) is 11.8 Å². The average molecular weight is 555 g/mol. The lowest BCUT2D eigenvalue weighted by atomic mass is 9.83. The standard InChI is InChI=1S/C22H42N4O2S.HI/c1-3-23-20(24-17-21(7-5-6-8-21)9-13-27-4-2)25-18-22(10-16-29-19-22)26-11-14-28-15-12-26;/h3-19H2,1-2H3,(H2,23,24,25);1H. The Morgan fingerprint density at radius 3 is 2.53 bits per heavy atom. The summed E-state index contributed by atoms with van der Waals surface area (Å²) in [6.07, 6.45) is 7.64. The average Bonchev–Trinajstić information content (AvgIpc) is 3.42. The SMILES string of the molecule is CCNC(=NCC1(CCOCC)CCCC1)NCC1(N2CCOCC2)CCSC1.I. The van der Waals surface area contributed by atoms with Crippen LogP contribution >= 0.6 is 35.7 Å². The lowest BCUT2D eigenvalue weighted by Gasteiger charge is -2.43. The van der Waals surface area contributed by atoms with E-state index in [2.05, 4.69) is 41.1 Å². The molecule has 1 saturated carbocycles. The number of guanidine groups is 1. The first kappa shape index (κ1) is 26.5. The predicted octanol–water partition coefficient (Wildman–Crippen LogP) is 3.35. The smallest absolute Gasteiger partial charge is 0.191 e. The Morgan fingerprint density at radius 1 is 1.13 bits per heavy atom. The van der Waals surface area contributed by atoms with Crippen LogP contribution in [0.15, 0.2) is 4.99 Å². The molecule has 2 saturated heterocycles. The number of ether oxygens (including phenoxy) is 2. The molecular formula is C22H43IN4O2S. The van der Waals surface area contributed by atoms with Crippen LogP contribution < -0.4 is 10.6 Å². The fraction of sp³-hybridized carbons (Fsp3) is 0.955. The first-order chi connectivity index (χ1) is 14.2. The van der Waals surface area contributed by atoms with Gasteiger partial charge < -0.3 is 20.1 Å². The molecule has 2 aliphatic heterocycles. The van der Waals surface area contributed by atoms with E-state index in [1.807, 2.05) is 0 Å². The van der Waals surface area contributed by atoms with Crippen LogP contribution in [0.1, 0.15) is 52.4 Å². The zero-order chi connectivity index (χ0) is 20.4. The van der Waals surface area contributed by atoms with E-state index in [0.717, 1.165) is 71.5 Å². The van der Waals surface area contributed by atoms with E-state index < -0.39 is 0 Å². The van der Waals surface area contributed by atoms with Crippen molar-refractivity contribution in [2.75, 3.05) is 70.7 Å². The fourth-order valence-electron chi connectivity index (χ4n) is 5.02. The second kappa shape index (κ2) is 13.7. The second-order valence-corrected chi connectivity index (χ2v) is 9.93. The van der Waals surface area contributed by atoms with Gasteiger partial charge >= 0.3 is 0 Å². The van der Waals surface area contributed by atoms with Gasteiger partial charge in [0.15, 0.2) is 5.96 Å². The van der Waals surface area contributed by atoms with Gasteiger partial charge in [0, 0.05) is 57.2 Å². The van der Waals surface area contributed by atoms with Gasteiger partial charge in [0.25, 0.3) is 0 Å². The number of nitrogens with zero attached hydrogens (tertiary/aromatic N) is 2. The molecule has 3 aliphatic rings. The van der Waals surface area contributed by atoms with Gasteiger partial charge in [-0.3, -0.25) is 9.89 Å². The lowest BCUT2D eigenvalue weighted by Crippen LogP contribution is -2.60. The summed E-state index contributed by atoms with van der Waals surface area (Å²) in [4.78, 5) is 7.73. The van der Waals surface area contributed by atoms with Crippen LogP contribution in [-0.4, -0.2) is 87.1 Å². The fourth-order valence-corrected chi connectivity index (χ4v) is 6.49. The largest absolute Gasteiger partial charge is 0.382 e. The molecular weight excluding hydrogens is 511 g/mol. The molecule has 2 heterocycles. The van der Waals surface area contributed by atoms with Crippen molar-refractivity contribution in [3.63, 3.8) is 0 Å². The first-order valence-corrected chi connectivity index (χ1v) is 12.9. The van der Waals surface area contributed by atoms with E-state index in [0.29, 0.717) is 5.41 Å². The topological polar surface area (TPSA) is 58.1 Å². The van der Waals surface area contributed by atoms with Crippen molar-refractivity contribution in [1.29, 1.82) is 0 Å². The van der Waals surface area contributed by atoms with E-state index in [9.17, 15) is 0 Å². The Bertz CT molecular complexity index is 505. The molecule has 0 amide bonds. The summed E-state index contributed by atoms with van der Waals surface area (Å²) in [6.45, 7) is 12.5. The summed E-state index contributed by atoms with van der Waals surface area (Å²) in [7, 11) is 0. The number of nitrogens with one attached hydrogen (secondary N) is 2. The van der Waals surface area contributed by atoms with Crippen molar-refractivity contribution in [1.82, 2.24) is 15.5 Å². The number of thioether (sulfide) groups is 1. The highest BCUT2D eigenvalue weighted by atomic mass is 127. The Balaban J connectivity index is 0.00000320. The van der Waals surface area contributed by atoms with Crippen LogP contribution in [0.3, 0.4) is 0 Å². The lowest BCUT2D eigenvalue weighted by molar-refractivity contribution is -0.0120. The third-order valence-electron chi connectivity index (χ3n) is 6.91. The van der Waals surface area contributed by atoms with Gasteiger partial charge in [0.05, 0.1) is 13.2 Å². The van der Waals surface area contributed by atoms with Gasteiger partial charge in [-0.15, -0.1) is 24.0 Å². The second-order valence-electron chi connectivity index (χ2n) is 8.83. The van der Waals surface area contributed by atoms with E-state index in [1.54, 1.807) is 0 Å². The van der Waals surface area contributed by atoms with Gasteiger partial charge in [-0.1, -0.05) is 12.8 Å². The molecule has 6 nitrogen and oxygen atoms in total. The van der Waals surface area contributed by atoms with Crippen LogP contribution in [0, 0.1) is 5.41 Å². The Labute approximate surface area is 205 Å². The maximum absolute atomic E-state index is 5.67. The van der Waals surface area contributed by atoms with Crippen LogP contribution in [0.25, 0.3) is 0 Å². The highest BCUT2D eigenvalue weighted by Gasteiger charge is 2.41. The summed E-state index contributed by atoms with van der Waals surface area (Å²) in [6, 6.07) is 0. The van der Waals surface area contributed by atoms with E-state index in [-0.39, 0.29) is 29.5 Å². The monoisotopic (exact) mass is 554 g/mol. The highest BCUT2D eigenvalue weighted by molar-refractivity contribution is 14.0. The molecule has 0 spiro atoms. The number of hydrogen-bond donors (Lipinski definition) is 2. The van der Waals surface area contributed by atoms with Gasteiger partial charge in [-0.25, -0.2) is 0 Å². The predicted molar refractivity (Wildman–Crippen MR) is 138 cm³/mol. The molecule has 1 atom stereocenters. The zero-order valence-corrected chi connectivity index (χ0v) is 22.2. The molecule has 176 valence electrons. The van der Waals surface area contributed by atoms with E-state index in [1.165, 1.54) is 43.6 Å². The normalized spacial score (nSPS) is 27.1. The van der Waals surface area contributed by atoms with Gasteiger partial charge in [-0.05, 0) is 50.7 Å². The number of aliphatic imine (C=N–C) groups is 1. The van der Waals surface area contributed by atoms with E-state index in [4.69, 9.17) is 14.5 Å². The quantitative estimate of drug-likeness (QED) is 0.187. The molecule has 30 heavy (non-hydrogen) atoms. The number of morpholine rings is 1. The van der Waals surface area contributed by atoms with Crippen molar-refractivity contribution >= 4 is 41.7 Å². The van der Waals surface area contributed by atoms with Crippen LogP contribution in [0.5, 0.6) is 0 Å². The summed E-state index contributed by atoms with van der Waals surface area (Å²) in [5, 5.41) is 7.21. The maximum Gasteiger partial charge on any atom is 0.191 e. The molecule has 2 N–H and O–H groups in total. The molecule has 1 aliphatic carbocycles. The summed E-state index contributed by atoms with van der Waals surface area (Å²) < 4.78 is 11.3. The minimum absolute atomic E-state index is 0. The maximum atomic E-state index is 5.67. The molecule has 0 aromatic rings. The van der Waals surface area contributed by atoms with E-state index >= 15 is 0 Å². The molecule has 0 bridgehead atoms. The first-order valence-electron chi connectivity index (χ1n) is 11.7. The van der Waals surface area contributed by atoms with Crippen molar-refractivity contribution in [2.24, 2.45) is 10.4 Å².